The zero-order valence-electron chi connectivity index (χ0n) is 13.4. The van der Waals surface area contributed by atoms with E-state index in [-0.39, 0.29) is 5.75 Å². The average molecular weight is 364 g/mol. The zero-order chi connectivity index (χ0) is 17.6. The Kier molecular flexibility index (Phi) is 5.60. The van der Waals surface area contributed by atoms with Crippen LogP contribution >= 0.6 is 12.2 Å². The predicted molar refractivity (Wildman–Crippen MR) is 97.3 cm³/mol. The number of hydrogen-bond acceptors (Lipinski definition) is 4. The van der Waals surface area contributed by atoms with Gasteiger partial charge in [-0.2, -0.15) is 8.78 Å². The standard InChI is InChI=1S/C17H18F2N4OS/c18-16(19)24-15-3-1-13(2-4-15)21-17(25)23-11-9-22(10-12-23)14-5-7-20-8-6-14/h1-8,16H,9-12H2,(H,21,25). The molecule has 0 amide bonds. The van der Waals surface area contributed by atoms with Gasteiger partial charge in [-0.3, -0.25) is 4.98 Å². The van der Waals surface area contributed by atoms with Gasteiger partial charge in [0, 0.05) is 49.9 Å². The molecule has 5 nitrogen and oxygen atoms in total. The molecule has 8 heteroatoms. The topological polar surface area (TPSA) is 40.6 Å². The second-order valence-corrected chi connectivity index (χ2v) is 5.90. The molecule has 0 bridgehead atoms. The van der Waals surface area contributed by atoms with Gasteiger partial charge < -0.3 is 19.9 Å². The van der Waals surface area contributed by atoms with E-state index in [1.807, 2.05) is 12.1 Å². The van der Waals surface area contributed by atoms with Crippen LogP contribution in [0.15, 0.2) is 48.8 Å². The molecule has 0 spiro atoms. The third-order valence-electron chi connectivity index (χ3n) is 3.93. The summed E-state index contributed by atoms with van der Waals surface area (Å²) in [5.41, 5.74) is 1.89. The van der Waals surface area contributed by atoms with Crippen LogP contribution < -0.4 is 15.0 Å². The van der Waals surface area contributed by atoms with E-state index in [0.717, 1.165) is 37.6 Å². The molecular formula is C17H18F2N4OS. The lowest BCUT2D eigenvalue weighted by Gasteiger charge is -2.37. The maximum atomic E-state index is 12.2. The maximum absolute atomic E-state index is 12.2. The summed E-state index contributed by atoms with van der Waals surface area (Å²) >= 11 is 5.45. The predicted octanol–water partition coefficient (Wildman–Crippen LogP) is 3.20. The van der Waals surface area contributed by atoms with Gasteiger partial charge in [-0.1, -0.05) is 0 Å². The van der Waals surface area contributed by atoms with Crippen LogP contribution in [0.1, 0.15) is 0 Å². The molecule has 0 unspecified atom stereocenters. The van der Waals surface area contributed by atoms with Crippen LogP contribution in [-0.2, 0) is 0 Å². The number of anilines is 2. The molecule has 1 saturated heterocycles. The van der Waals surface area contributed by atoms with Gasteiger partial charge in [-0.25, -0.2) is 0 Å². The summed E-state index contributed by atoms with van der Waals surface area (Å²) in [4.78, 5) is 8.42. The highest BCUT2D eigenvalue weighted by molar-refractivity contribution is 7.80. The van der Waals surface area contributed by atoms with E-state index < -0.39 is 6.61 Å². The lowest BCUT2D eigenvalue weighted by atomic mass is 10.2. The summed E-state index contributed by atoms with van der Waals surface area (Å²) < 4.78 is 28.6. The van der Waals surface area contributed by atoms with Gasteiger partial charge >= 0.3 is 6.61 Å². The molecule has 0 aliphatic carbocycles. The van der Waals surface area contributed by atoms with Crippen molar-refractivity contribution in [1.82, 2.24) is 9.88 Å². The van der Waals surface area contributed by atoms with Crippen LogP contribution in [0.4, 0.5) is 20.2 Å². The lowest BCUT2D eigenvalue weighted by molar-refractivity contribution is -0.0498. The van der Waals surface area contributed by atoms with Crippen molar-refractivity contribution < 1.29 is 13.5 Å². The summed E-state index contributed by atoms with van der Waals surface area (Å²) in [6.45, 7) is 0.526. The van der Waals surface area contributed by atoms with Crippen LogP contribution in [0.25, 0.3) is 0 Å². The quantitative estimate of drug-likeness (QED) is 0.841. The molecule has 0 saturated carbocycles. The number of nitrogens with one attached hydrogen (secondary N) is 1. The minimum absolute atomic E-state index is 0.123. The SMILES string of the molecule is FC(F)Oc1ccc(NC(=S)N2CCN(c3ccncc3)CC2)cc1. The molecule has 2 aromatic rings. The summed E-state index contributed by atoms with van der Waals surface area (Å²) in [5.74, 6) is 0.123. The molecule has 1 aromatic heterocycles. The number of halogens is 2. The van der Waals surface area contributed by atoms with E-state index in [4.69, 9.17) is 12.2 Å². The molecule has 1 N–H and O–H groups in total. The van der Waals surface area contributed by atoms with Gasteiger partial charge in [-0.15, -0.1) is 0 Å². The van der Waals surface area contributed by atoms with E-state index in [9.17, 15) is 8.78 Å². The Labute approximate surface area is 150 Å². The highest BCUT2D eigenvalue weighted by Crippen LogP contribution is 2.19. The third-order valence-corrected chi connectivity index (χ3v) is 4.29. The van der Waals surface area contributed by atoms with Gasteiger partial charge in [0.2, 0.25) is 0 Å². The first-order valence-corrected chi connectivity index (χ1v) is 8.28. The van der Waals surface area contributed by atoms with Gasteiger partial charge in [0.15, 0.2) is 5.11 Å². The van der Waals surface area contributed by atoms with Gasteiger partial charge in [-0.05, 0) is 48.6 Å². The molecular weight excluding hydrogens is 346 g/mol. The fourth-order valence-corrected chi connectivity index (χ4v) is 2.95. The molecule has 1 aliphatic rings. The first kappa shape index (κ1) is 17.3. The Morgan fingerprint density at radius 2 is 1.68 bits per heavy atom. The third kappa shape index (κ3) is 4.76. The number of piperazine rings is 1. The summed E-state index contributed by atoms with van der Waals surface area (Å²) in [6.07, 6.45) is 3.57. The summed E-state index contributed by atoms with van der Waals surface area (Å²) in [7, 11) is 0. The monoisotopic (exact) mass is 364 g/mol. The number of benzene rings is 1. The average Bonchev–Trinajstić information content (AvgIpc) is 2.64. The summed E-state index contributed by atoms with van der Waals surface area (Å²) in [6, 6.07) is 10.3. The van der Waals surface area contributed by atoms with Crippen molar-refractivity contribution in [2.75, 3.05) is 36.4 Å². The number of pyridine rings is 1. The van der Waals surface area contributed by atoms with Crippen molar-refractivity contribution in [2.24, 2.45) is 0 Å². The number of alkyl halides is 2. The Morgan fingerprint density at radius 1 is 1.04 bits per heavy atom. The zero-order valence-corrected chi connectivity index (χ0v) is 14.3. The lowest BCUT2D eigenvalue weighted by Crippen LogP contribution is -2.50. The number of rotatable bonds is 4. The van der Waals surface area contributed by atoms with Crippen LogP contribution in [0, 0.1) is 0 Å². The van der Waals surface area contributed by atoms with E-state index in [2.05, 4.69) is 24.8 Å². The van der Waals surface area contributed by atoms with Gasteiger partial charge in [0.05, 0.1) is 0 Å². The van der Waals surface area contributed by atoms with Crippen molar-refractivity contribution in [3.05, 3.63) is 48.8 Å². The molecule has 0 radical (unpaired) electrons. The molecule has 2 heterocycles. The largest absolute Gasteiger partial charge is 0.435 e. The Hall–Kier alpha value is -2.48. The minimum atomic E-state index is -2.82. The molecule has 25 heavy (non-hydrogen) atoms. The van der Waals surface area contributed by atoms with Crippen molar-refractivity contribution in [3.8, 4) is 5.75 Å². The first-order chi connectivity index (χ1) is 12.1. The van der Waals surface area contributed by atoms with E-state index >= 15 is 0 Å². The molecule has 132 valence electrons. The van der Waals surface area contributed by atoms with E-state index in [0.29, 0.717) is 5.11 Å². The molecule has 1 aliphatic heterocycles. The highest BCUT2D eigenvalue weighted by Gasteiger charge is 2.19. The molecule has 1 fully saturated rings. The van der Waals surface area contributed by atoms with Gasteiger partial charge in [0.1, 0.15) is 5.75 Å². The fraction of sp³-hybridized carbons (Fsp3) is 0.294. The number of ether oxygens (including phenoxy) is 1. The van der Waals surface area contributed by atoms with Crippen LogP contribution in [0.2, 0.25) is 0 Å². The smallest absolute Gasteiger partial charge is 0.387 e. The number of nitrogens with zero attached hydrogens (tertiary/aromatic N) is 3. The number of aromatic nitrogens is 1. The number of hydrogen-bond donors (Lipinski definition) is 1. The van der Waals surface area contributed by atoms with Crippen molar-refractivity contribution in [2.45, 2.75) is 6.61 Å². The second-order valence-electron chi connectivity index (χ2n) is 5.51. The Morgan fingerprint density at radius 3 is 2.28 bits per heavy atom. The Balaban J connectivity index is 1.51. The molecule has 0 atom stereocenters. The second kappa shape index (κ2) is 8.06. The van der Waals surface area contributed by atoms with E-state index in [1.54, 1.807) is 24.5 Å². The van der Waals surface area contributed by atoms with E-state index in [1.165, 1.54) is 12.1 Å². The van der Waals surface area contributed by atoms with Crippen molar-refractivity contribution in [1.29, 1.82) is 0 Å². The molecule has 3 rings (SSSR count). The van der Waals surface area contributed by atoms with Crippen LogP contribution in [-0.4, -0.2) is 47.8 Å². The van der Waals surface area contributed by atoms with Crippen LogP contribution in [0.3, 0.4) is 0 Å². The van der Waals surface area contributed by atoms with Crippen molar-refractivity contribution in [3.63, 3.8) is 0 Å². The van der Waals surface area contributed by atoms with Crippen LogP contribution in [0.5, 0.6) is 5.75 Å². The minimum Gasteiger partial charge on any atom is -0.435 e. The van der Waals surface area contributed by atoms with Gasteiger partial charge in [0.25, 0.3) is 0 Å². The first-order valence-electron chi connectivity index (χ1n) is 7.87. The normalized spacial score (nSPS) is 14.5. The number of thiocarbonyl (C=S) groups is 1. The molecule has 1 aromatic carbocycles. The summed E-state index contributed by atoms with van der Waals surface area (Å²) in [5, 5.41) is 3.75. The maximum Gasteiger partial charge on any atom is 0.387 e. The van der Waals surface area contributed by atoms with Crippen molar-refractivity contribution >= 4 is 28.7 Å². The highest BCUT2D eigenvalue weighted by atomic mass is 32.1. The Bertz CT molecular complexity index is 692. The fourth-order valence-electron chi connectivity index (χ4n) is 2.64.